The summed E-state index contributed by atoms with van der Waals surface area (Å²) in [5.41, 5.74) is 3.13. The second kappa shape index (κ2) is 16.7. The van der Waals surface area contributed by atoms with Crippen molar-refractivity contribution >= 4 is 35.3 Å². The maximum atomic E-state index is 11.8. The van der Waals surface area contributed by atoms with Crippen LogP contribution in [0.2, 0.25) is 0 Å². The second-order valence-electron chi connectivity index (χ2n) is 9.21. The number of thioether (sulfide) groups is 2. The lowest BCUT2D eigenvalue weighted by atomic mass is 10.0. The van der Waals surface area contributed by atoms with E-state index in [9.17, 15) is 19.8 Å². The molecule has 0 spiro atoms. The molecule has 2 aromatic rings. The smallest absolute Gasteiger partial charge is 0.305 e. The summed E-state index contributed by atoms with van der Waals surface area (Å²) >= 11 is 3.50. The lowest BCUT2D eigenvalue weighted by Crippen LogP contribution is -2.09. The molecule has 0 saturated carbocycles. The average molecular weight is 563 g/mol. The summed E-state index contributed by atoms with van der Waals surface area (Å²) in [4.78, 5) is 25.5. The molecule has 0 heterocycles. The Bertz CT molecular complexity index is 1070. The fraction of sp³-hybridized carbons (Fsp3) is 0.533. The van der Waals surface area contributed by atoms with Crippen molar-refractivity contribution in [2.24, 2.45) is 0 Å². The highest BCUT2D eigenvalue weighted by molar-refractivity contribution is 8.00. The van der Waals surface area contributed by atoms with E-state index in [2.05, 4.69) is 19.9 Å². The van der Waals surface area contributed by atoms with Crippen molar-refractivity contribution in [3.05, 3.63) is 46.5 Å². The molecule has 1 unspecified atom stereocenters. The van der Waals surface area contributed by atoms with Crippen molar-refractivity contribution in [3.8, 4) is 11.5 Å². The molecule has 2 N–H and O–H groups in total. The van der Waals surface area contributed by atoms with E-state index in [0.717, 1.165) is 75.8 Å². The zero-order chi connectivity index (χ0) is 28.1. The molecule has 0 aliphatic carbocycles. The normalized spacial score (nSPS) is 11.8. The number of carbonyl (C=O) groups is 2. The van der Waals surface area contributed by atoms with E-state index >= 15 is 0 Å². The van der Waals surface area contributed by atoms with Crippen LogP contribution < -0.4 is 4.74 Å². The number of hydrogen-bond acceptors (Lipinski definition) is 8. The summed E-state index contributed by atoms with van der Waals surface area (Å²) in [6, 6.07) is 7.69. The van der Waals surface area contributed by atoms with Crippen LogP contribution in [-0.4, -0.2) is 47.2 Å². The second-order valence-corrected chi connectivity index (χ2v) is 11.5. The number of phenolic OH excluding ortho intramolecular Hbond substituents is 1. The molecule has 0 aromatic heterocycles. The minimum Gasteiger partial charge on any atom is -0.507 e. The highest BCUT2D eigenvalue weighted by atomic mass is 32.2. The van der Waals surface area contributed by atoms with Crippen LogP contribution >= 0.6 is 23.5 Å². The molecule has 210 valence electrons. The molecule has 0 amide bonds. The number of benzene rings is 2. The van der Waals surface area contributed by atoms with Crippen molar-refractivity contribution in [3.63, 3.8) is 0 Å². The Kier molecular flexibility index (Phi) is 14.1. The largest absolute Gasteiger partial charge is 0.507 e. The van der Waals surface area contributed by atoms with Gasteiger partial charge in [0.05, 0.1) is 25.4 Å². The molecule has 38 heavy (non-hydrogen) atoms. The van der Waals surface area contributed by atoms with Gasteiger partial charge in [-0.15, -0.1) is 23.5 Å². The van der Waals surface area contributed by atoms with Gasteiger partial charge in [-0.25, -0.2) is 0 Å². The minimum atomic E-state index is -0.653. The van der Waals surface area contributed by atoms with E-state index in [1.54, 1.807) is 36.5 Å². The number of rotatable bonds is 17. The Morgan fingerprint density at radius 3 is 2.13 bits per heavy atom. The highest BCUT2D eigenvalue weighted by Crippen LogP contribution is 2.38. The predicted octanol–water partition coefficient (Wildman–Crippen LogP) is 7.16. The third-order valence-corrected chi connectivity index (χ3v) is 8.49. The third-order valence-electron chi connectivity index (χ3n) is 6.12. The molecule has 6 nitrogen and oxygen atoms in total. The van der Waals surface area contributed by atoms with Crippen LogP contribution in [0.1, 0.15) is 93.0 Å². The van der Waals surface area contributed by atoms with E-state index in [-0.39, 0.29) is 17.5 Å². The number of aromatic hydroxyl groups is 1. The van der Waals surface area contributed by atoms with Gasteiger partial charge in [-0.05, 0) is 69.2 Å². The minimum absolute atomic E-state index is 0.121. The summed E-state index contributed by atoms with van der Waals surface area (Å²) in [6.07, 6.45) is 4.59. The number of methoxy groups -OCH3 is 1. The first-order chi connectivity index (χ1) is 18.2. The molecular formula is C30H42O6S2. The Labute approximate surface area is 235 Å². The lowest BCUT2D eigenvalue weighted by Gasteiger charge is -2.20. The number of aliphatic hydroxyl groups is 1. The molecule has 0 saturated heterocycles. The number of ketones is 1. The van der Waals surface area contributed by atoms with Crippen LogP contribution in [0.5, 0.6) is 11.5 Å². The van der Waals surface area contributed by atoms with Gasteiger partial charge in [0.25, 0.3) is 0 Å². The van der Waals surface area contributed by atoms with Crippen molar-refractivity contribution in [2.75, 3.05) is 25.2 Å². The van der Waals surface area contributed by atoms with Gasteiger partial charge in [0.1, 0.15) is 11.5 Å². The number of carbonyl (C=O) groups excluding carboxylic acids is 2. The van der Waals surface area contributed by atoms with Crippen LogP contribution in [0.25, 0.3) is 0 Å². The predicted molar refractivity (Wildman–Crippen MR) is 156 cm³/mol. The first-order valence-electron chi connectivity index (χ1n) is 13.4. The van der Waals surface area contributed by atoms with Gasteiger partial charge in [0, 0.05) is 32.9 Å². The standard InChI is InChI=1S/C30H42O6S2/c1-6-10-24-26(15-13-22(20(3)31)29(24)34)37-18-9-19-38-27-16-14-23(21(4)32)30(25(27)11-7-2)36-17-8-12-28(33)35-5/h13-16,21,32,34H,6-12,17-19H2,1-5H3. The molecule has 8 heteroatoms. The lowest BCUT2D eigenvalue weighted by molar-refractivity contribution is -0.140. The summed E-state index contributed by atoms with van der Waals surface area (Å²) < 4.78 is 10.9. The van der Waals surface area contributed by atoms with Crippen LogP contribution in [-0.2, 0) is 22.4 Å². The first kappa shape index (κ1) is 32.1. The van der Waals surface area contributed by atoms with Crippen molar-refractivity contribution < 1.29 is 29.3 Å². The summed E-state index contributed by atoms with van der Waals surface area (Å²) in [7, 11) is 1.38. The van der Waals surface area contributed by atoms with E-state index in [1.807, 2.05) is 12.1 Å². The van der Waals surface area contributed by atoms with Crippen molar-refractivity contribution in [1.82, 2.24) is 0 Å². The summed E-state index contributed by atoms with van der Waals surface area (Å²) in [5.74, 6) is 2.29. The van der Waals surface area contributed by atoms with Gasteiger partial charge in [-0.1, -0.05) is 32.8 Å². The van der Waals surface area contributed by atoms with Crippen molar-refractivity contribution in [1.29, 1.82) is 0 Å². The molecule has 0 radical (unpaired) electrons. The molecule has 1 atom stereocenters. The molecule has 0 aliphatic rings. The van der Waals surface area contributed by atoms with Crippen LogP contribution in [0, 0.1) is 0 Å². The maximum Gasteiger partial charge on any atom is 0.305 e. The number of aliphatic hydroxyl groups excluding tert-OH is 1. The monoisotopic (exact) mass is 562 g/mol. The summed E-state index contributed by atoms with van der Waals surface area (Å²) in [5, 5.41) is 21.0. The Morgan fingerprint density at radius 2 is 1.55 bits per heavy atom. The molecule has 2 rings (SSSR count). The quantitative estimate of drug-likeness (QED) is 0.0908. The first-order valence-corrected chi connectivity index (χ1v) is 15.4. The molecule has 0 aliphatic heterocycles. The van der Waals surface area contributed by atoms with E-state index in [0.29, 0.717) is 25.0 Å². The zero-order valence-corrected chi connectivity index (χ0v) is 24.9. The molecular weight excluding hydrogens is 520 g/mol. The Morgan fingerprint density at radius 1 is 0.947 bits per heavy atom. The van der Waals surface area contributed by atoms with E-state index < -0.39 is 6.10 Å². The average Bonchev–Trinajstić information content (AvgIpc) is 2.88. The Balaban J connectivity index is 2.07. The molecule has 0 fully saturated rings. The van der Waals surface area contributed by atoms with Gasteiger partial charge >= 0.3 is 5.97 Å². The molecule has 0 bridgehead atoms. The Hall–Kier alpha value is -2.16. The fourth-order valence-corrected chi connectivity index (χ4v) is 6.46. The third kappa shape index (κ3) is 9.24. The fourth-order valence-electron chi connectivity index (χ4n) is 4.19. The number of Topliss-reactive ketones (excluding diaryl/α,β-unsaturated/α-hetero) is 1. The SMILES string of the molecule is CCCc1c(SCCCSc2ccc(C(C)O)c(OCCCC(=O)OC)c2CCC)ccc(C(C)=O)c1O. The van der Waals surface area contributed by atoms with E-state index in [1.165, 1.54) is 14.0 Å². The van der Waals surface area contributed by atoms with Gasteiger partial charge in [0.2, 0.25) is 0 Å². The topological polar surface area (TPSA) is 93.1 Å². The van der Waals surface area contributed by atoms with Crippen LogP contribution in [0.3, 0.4) is 0 Å². The number of ether oxygens (including phenoxy) is 2. The zero-order valence-electron chi connectivity index (χ0n) is 23.3. The highest BCUT2D eigenvalue weighted by Gasteiger charge is 2.19. The van der Waals surface area contributed by atoms with Gasteiger partial charge < -0.3 is 19.7 Å². The van der Waals surface area contributed by atoms with Gasteiger partial charge in [0.15, 0.2) is 5.78 Å². The van der Waals surface area contributed by atoms with E-state index in [4.69, 9.17) is 9.47 Å². The maximum absolute atomic E-state index is 11.8. The molecule has 2 aromatic carbocycles. The van der Waals surface area contributed by atoms with Crippen LogP contribution in [0.4, 0.5) is 0 Å². The number of esters is 1. The summed E-state index contributed by atoms with van der Waals surface area (Å²) in [6.45, 7) is 7.80. The number of hydrogen-bond donors (Lipinski definition) is 2. The van der Waals surface area contributed by atoms with Gasteiger partial charge in [-0.3, -0.25) is 9.59 Å². The van der Waals surface area contributed by atoms with Gasteiger partial charge in [-0.2, -0.15) is 0 Å². The van der Waals surface area contributed by atoms with Crippen molar-refractivity contribution in [2.45, 2.75) is 88.5 Å². The number of phenols is 1. The van der Waals surface area contributed by atoms with Crippen LogP contribution in [0.15, 0.2) is 34.1 Å².